The third-order valence-electron chi connectivity index (χ3n) is 5.56. The summed E-state index contributed by atoms with van der Waals surface area (Å²) in [5.41, 5.74) is 2.78. The fourth-order valence-corrected chi connectivity index (χ4v) is 5.28. The van der Waals surface area contributed by atoms with Gasteiger partial charge in [-0.1, -0.05) is 47.5 Å². The molecular formula is C26H25ClN4O4S. The topological polar surface area (TPSA) is 93.5 Å². The lowest BCUT2D eigenvalue weighted by molar-refractivity contribution is -0.119. The van der Waals surface area contributed by atoms with E-state index in [9.17, 15) is 13.2 Å². The molecular weight excluding hydrogens is 500 g/mol. The van der Waals surface area contributed by atoms with Crippen LogP contribution in [0.25, 0.3) is 5.69 Å². The third kappa shape index (κ3) is 5.53. The minimum absolute atomic E-state index is 0.0494. The van der Waals surface area contributed by atoms with Crippen LogP contribution < -0.4 is 14.4 Å². The summed E-state index contributed by atoms with van der Waals surface area (Å²) in [6, 6.07) is 18.6. The fourth-order valence-electron chi connectivity index (χ4n) is 3.69. The van der Waals surface area contributed by atoms with Gasteiger partial charge in [-0.05, 0) is 48.9 Å². The van der Waals surface area contributed by atoms with E-state index in [4.69, 9.17) is 16.3 Å². The molecule has 0 aliphatic rings. The van der Waals surface area contributed by atoms with Crippen molar-refractivity contribution in [2.24, 2.45) is 0 Å². The van der Waals surface area contributed by atoms with Gasteiger partial charge in [-0.2, -0.15) is 0 Å². The number of carbonyl (C=O) groups is 1. The molecule has 8 nitrogen and oxygen atoms in total. The second-order valence-electron chi connectivity index (χ2n) is 8.02. The molecule has 0 radical (unpaired) electrons. The van der Waals surface area contributed by atoms with Gasteiger partial charge in [0.2, 0.25) is 5.91 Å². The molecule has 1 N–H and O–H groups in total. The molecule has 0 saturated carbocycles. The summed E-state index contributed by atoms with van der Waals surface area (Å²) in [7, 11) is -2.69. The number of carbonyl (C=O) groups excluding carboxylic acids is 1. The molecule has 0 fully saturated rings. The number of nitrogens with one attached hydrogen (secondary N) is 1. The van der Waals surface area contributed by atoms with Gasteiger partial charge in [0.25, 0.3) is 10.0 Å². The zero-order valence-corrected chi connectivity index (χ0v) is 21.3. The Morgan fingerprint density at radius 3 is 2.56 bits per heavy atom. The van der Waals surface area contributed by atoms with Gasteiger partial charge in [-0.25, -0.2) is 13.4 Å². The number of anilines is 1. The number of ether oxygens (including phenoxy) is 1. The monoisotopic (exact) mass is 524 g/mol. The van der Waals surface area contributed by atoms with E-state index >= 15 is 0 Å². The second-order valence-corrected chi connectivity index (χ2v) is 10.3. The number of amides is 1. The van der Waals surface area contributed by atoms with E-state index in [2.05, 4.69) is 10.3 Å². The average Bonchev–Trinajstić information content (AvgIpc) is 3.41. The van der Waals surface area contributed by atoms with E-state index in [0.29, 0.717) is 5.02 Å². The SMILES string of the molecule is COc1ccc(Cl)cc1N(CC(=O)NCc1ccccc1-n1ccnc1)S(=O)(=O)c1ccc(C)cc1. The van der Waals surface area contributed by atoms with Gasteiger partial charge in [0.1, 0.15) is 12.3 Å². The van der Waals surface area contributed by atoms with Gasteiger partial charge in [-0.3, -0.25) is 9.10 Å². The summed E-state index contributed by atoms with van der Waals surface area (Å²) in [5, 5.41) is 3.14. The van der Waals surface area contributed by atoms with Crippen molar-refractivity contribution in [3.05, 3.63) is 102 Å². The minimum Gasteiger partial charge on any atom is -0.495 e. The smallest absolute Gasteiger partial charge is 0.264 e. The fraction of sp³-hybridized carbons (Fsp3) is 0.154. The summed E-state index contributed by atoms with van der Waals surface area (Å²) in [6.07, 6.45) is 5.14. The molecule has 0 spiro atoms. The summed E-state index contributed by atoms with van der Waals surface area (Å²) in [6.45, 7) is 1.59. The van der Waals surface area contributed by atoms with Crippen LogP contribution in [0.4, 0.5) is 5.69 Å². The second kappa shape index (κ2) is 10.8. The van der Waals surface area contributed by atoms with E-state index in [1.54, 1.807) is 36.8 Å². The zero-order chi connectivity index (χ0) is 25.7. The highest BCUT2D eigenvalue weighted by Crippen LogP contribution is 2.34. The Balaban J connectivity index is 1.64. The van der Waals surface area contributed by atoms with Crippen LogP contribution in [0.3, 0.4) is 0 Å². The maximum absolute atomic E-state index is 13.7. The van der Waals surface area contributed by atoms with Crippen LogP contribution in [0.5, 0.6) is 5.75 Å². The Morgan fingerprint density at radius 2 is 1.86 bits per heavy atom. The molecule has 0 atom stereocenters. The first-order chi connectivity index (χ1) is 17.3. The van der Waals surface area contributed by atoms with Crippen LogP contribution in [0.1, 0.15) is 11.1 Å². The van der Waals surface area contributed by atoms with Gasteiger partial charge < -0.3 is 14.6 Å². The molecule has 4 aromatic rings. The third-order valence-corrected chi connectivity index (χ3v) is 7.57. The predicted octanol–water partition coefficient (Wildman–Crippen LogP) is 4.35. The molecule has 1 aromatic heterocycles. The van der Waals surface area contributed by atoms with Crippen LogP contribution >= 0.6 is 11.6 Å². The van der Waals surface area contributed by atoms with Crippen molar-refractivity contribution in [2.75, 3.05) is 18.0 Å². The molecule has 1 heterocycles. The van der Waals surface area contributed by atoms with Gasteiger partial charge >= 0.3 is 0 Å². The molecule has 0 saturated heterocycles. The highest BCUT2D eigenvalue weighted by atomic mass is 35.5. The number of imidazole rings is 1. The van der Waals surface area contributed by atoms with E-state index in [1.165, 1.54) is 25.3 Å². The van der Waals surface area contributed by atoms with Crippen molar-refractivity contribution in [3.63, 3.8) is 0 Å². The Kier molecular flexibility index (Phi) is 7.61. The highest BCUT2D eigenvalue weighted by Gasteiger charge is 2.29. The number of hydrogen-bond donors (Lipinski definition) is 1. The lowest BCUT2D eigenvalue weighted by Crippen LogP contribution is -2.41. The molecule has 10 heteroatoms. The quantitative estimate of drug-likeness (QED) is 0.351. The van der Waals surface area contributed by atoms with Crippen LogP contribution in [0.2, 0.25) is 5.02 Å². The summed E-state index contributed by atoms with van der Waals surface area (Å²) < 4.78 is 35.6. The van der Waals surface area contributed by atoms with Crippen LogP contribution in [0.15, 0.2) is 90.3 Å². The van der Waals surface area contributed by atoms with E-state index in [1.807, 2.05) is 42.0 Å². The van der Waals surface area contributed by atoms with Crippen molar-refractivity contribution >= 4 is 33.2 Å². The molecule has 36 heavy (non-hydrogen) atoms. The van der Waals surface area contributed by atoms with Crippen molar-refractivity contribution in [1.82, 2.24) is 14.9 Å². The standard InChI is InChI=1S/C26H25ClN4O4S/c1-19-7-10-22(11-8-19)36(33,34)31(24-15-21(27)9-12-25(24)35-2)17-26(32)29-16-20-5-3-4-6-23(20)30-14-13-28-18-30/h3-15,18H,16-17H2,1-2H3,(H,29,32). The Morgan fingerprint density at radius 1 is 1.11 bits per heavy atom. The zero-order valence-electron chi connectivity index (χ0n) is 19.8. The number of nitrogens with zero attached hydrogens (tertiary/aromatic N) is 3. The molecule has 4 rings (SSSR count). The normalized spacial score (nSPS) is 11.2. The van der Waals surface area contributed by atoms with Crippen molar-refractivity contribution in [2.45, 2.75) is 18.4 Å². The van der Waals surface area contributed by atoms with Gasteiger partial charge in [0.05, 0.1) is 29.7 Å². The van der Waals surface area contributed by atoms with Crippen LogP contribution in [-0.4, -0.2) is 37.5 Å². The lowest BCUT2D eigenvalue weighted by Gasteiger charge is -2.26. The van der Waals surface area contributed by atoms with Gasteiger partial charge in [-0.15, -0.1) is 0 Å². The molecule has 1 amide bonds. The Bertz CT molecular complexity index is 1460. The van der Waals surface area contributed by atoms with Crippen molar-refractivity contribution < 1.29 is 17.9 Å². The first-order valence-corrected chi connectivity index (χ1v) is 12.9. The average molecular weight is 525 g/mol. The molecule has 0 aliphatic carbocycles. The number of hydrogen-bond acceptors (Lipinski definition) is 5. The number of aromatic nitrogens is 2. The summed E-state index contributed by atoms with van der Waals surface area (Å²) >= 11 is 6.19. The van der Waals surface area contributed by atoms with E-state index < -0.39 is 22.5 Å². The predicted molar refractivity (Wildman–Crippen MR) is 139 cm³/mol. The van der Waals surface area contributed by atoms with E-state index in [-0.39, 0.29) is 22.9 Å². The maximum atomic E-state index is 13.7. The Labute approximate surface area is 215 Å². The molecule has 0 unspecified atom stereocenters. The first-order valence-electron chi connectivity index (χ1n) is 11.1. The maximum Gasteiger partial charge on any atom is 0.264 e. The summed E-state index contributed by atoms with van der Waals surface area (Å²) in [5.74, 6) is -0.221. The van der Waals surface area contributed by atoms with Gasteiger partial charge in [0, 0.05) is 24.0 Å². The molecule has 0 aliphatic heterocycles. The van der Waals surface area contributed by atoms with Crippen molar-refractivity contribution in [3.8, 4) is 11.4 Å². The number of aryl methyl sites for hydroxylation is 1. The molecule has 0 bridgehead atoms. The minimum atomic E-state index is -4.12. The highest BCUT2D eigenvalue weighted by molar-refractivity contribution is 7.92. The van der Waals surface area contributed by atoms with Crippen LogP contribution in [-0.2, 0) is 21.4 Å². The first kappa shape index (κ1) is 25.3. The molecule has 186 valence electrons. The van der Waals surface area contributed by atoms with Crippen LogP contribution in [0, 0.1) is 6.92 Å². The largest absolute Gasteiger partial charge is 0.495 e. The number of halogens is 1. The van der Waals surface area contributed by atoms with E-state index in [0.717, 1.165) is 21.1 Å². The number of para-hydroxylation sites is 1. The number of benzene rings is 3. The summed E-state index contributed by atoms with van der Waals surface area (Å²) in [4.78, 5) is 17.2. The van der Waals surface area contributed by atoms with Gasteiger partial charge in [0.15, 0.2) is 0 Å². The molecule has 3 aromatic carbocycles. The number of sulfonamides is 1. The lowest BCUT2D eigenvalue weighted by atomic mass is 10.1. The Hall–Kier alpha value is -3.82. The number of methoxy groups -OCH3 is 1. The number of rotatable bonds is 9. The van der Waals surface area contributed by atoms with Crippen molar-refractivity contribution in [1.29, 1.82) is 0 Å².